The summed E-state index contributed by atoms with van der Waals surface area (Å²) in [6.45, 7) is 28.6. The summed E-state index contributed by atoms with van der Waals surface area (Å²) in [6.07, 6.45) is 0. The predicted molar refractivity (Wildman–Crippen MR) is 576 cm³/mol. The van der Waals surface area contributed by atoms with Gasteiger partial charge in [0.2, 0.25) is 11.6 Å². The second kappa shape index (κ2) is 45.0. The molecule has 4 N–H and O–H groups in total. The number of nitrogens with two attached hydrogens (primary N) is 2. The molecule has 0 atom stereocenters. The van der Waals surface area contributed by atoms with Crippen molar-refractivity contribution in [2.24, 2.45) is 0 Å². The minimum absolute atomic E-state index is 0.0200. The van der Waals surface area contributed by atoms with Crippen LogP contribution < -0.4 is 69.0 Å². The molecule has 3 aromatic heterocycles. The third-order valence-corrected chi connectivity index (χ3v) is 24.1. The van der Waals surface area contributed by atoms with Crippen molar-refractivity contribution in [1.82, 2.24) is 29.9 Å². The molecular weight excluding hydrogens is 1830 g/mol. The molecule has 0 unspecified atom stereocenters. The van der Waals surface area contributed by atoms with E-state index < -0.39 is 11.6 Å². The summed E-state index contributed by atoms with van der Waals surface area (Å²) >= 11 is 0. The van der Waals surface area contributed by atoms with Gasteiger partial charge in [0.25, 0.3) is 34.9 Å². The van der Waals surface area contributed by atoms with Crippen molar-refractivity contribution in [2.45, 2.75) is 0 Å². The molecule has 712 valence electrons. The first-order valence-corrected chi connectivity index (χ1v) is 45.7. The Morgan fingerprint density at radius 2 is 0.336 bits per heavy atom. The van der Waals surface area contributed by atoms with Gasteiger partial charge in [0, 0.05) is 90.5 Å². The largest absolute Gasteiger partial charge is 0.497 e. The first-order chi connectivity index (χ1) is 71.4. The summed E-state index contributed by atoms with van der Waals surface area (Å²) in [7, 11) is 13.2. The second-order valence-electron chi connectivity index (χ2n) is 32.6. The van der Waals surface area contributed by atoms with Crippen LogP contribution in [0, 0.1) is 26.3 Å². The van der Waals surface area contributed by atoms with E-state index in [1.807, 2.05) is 267 Å². The van der Waals surface area contributed by atoms with Crippen LogP contribution >= 0.6 is 0 Å². The van der Waals surface area contributed by atoms with E-state index in [2.05, 4.69) is 156 Å². The number of nitrogens with zero attached hydrogens (tertiary/aromatic N) is 14. The van der Waals surface area contributed by atoms with Gasteiger partial charge in [-0.3, -0.25) is 9.59 Å². The molecule has 0 aliphatic heterocycles. The Morgan fingerprint density at radius 3 is 0.493 bits per heavy atom. The molecule has 0 fully saturated rings. The lowest BCUT2D eigenvalue weighted by molar-refractivity contribution is 0.0817. The number of aromatic nitrogens is 6. The highest BCUT2D eigenvalue weighted by Gasteiger charge is 2.26. The molecule has 26 heteroatoms. The fraction of sp³-hybridized carbons (Fsp3) is 0.0667. The first-order valence-electron chi connectivity index (χ1n) is 45.7. The average molecular weight is 1920 g/mol. The lowest BCUT2D eigenvalue weighted by Crippen LogP contribution is -2.14. The molecule has 0 spiro atoms. The fourth-order valence-corrected chi connectivity index (χ4v) is 16.4. The molecule has 16 aromatic carbocycles. The normalized spacial score (nSPS) is 10.5. The molecule has 3 heterocycles. The van der Waals surface area contributed by atoms with Crippen LogP contribution in [-0.2, 0) is 0 Å². The van der Waals surface area contributed by atoms with E-state index in [-0.39, 0.29) is 46.2 Å². The lowest BCUT2D eigenvalue weighted by Gasteiger charge is -2.26. The van der Waals surface area contributed by atoms with Crippen LogP contribution in [-0.4, -0.2) is 98.3 Å². The van der Waals surface area contributed by atoms with Crippen LogP contribution in [0.2, 0.25) is 0 Å². The zero-order valence-electron chi connectivity index (χ0n) is 80.4. The Morgan fingerprint density at radius 1 is 0.199 bits per heavy atom. The zero-order valence-corrected chi connectivity index (χ0v) is 80.4. The number of Topliss-reactive ketones (excluding diaryl/α,β-unsaturated/α-hetero) is 2. The van der Waals surface area contributed by atoms with Gasteiger partial charge >= 0.3 is 11.3 Å². The van der Waals surface area contributed by atoms with Crippen molar-refractivity contribution < 1.29 is 47.5 Å². The molecule has 0 aliphatic rings. The fourth-order valence-electron chi connectivity index (χ4n) is 16.4. The van der Waals surface area contributed by atoms with Crippen LogP contribution in [0.15, 0.2) is 388 Å². The van der Waals surface area contributed by atoms with E-state index in [0.29, 0.717) is 22.5 Å². The Kier molecular flexibility index (Phi) is 29.9. The maximum absolute atomic E-state index is 13.4. The third-order valence-electron chi connectivity index (χ3n) is 24.1. The summed E-state index contributed by atoms with van der Waals surface area (Å²) in [5.74, 6) is 4.60. The number of carbonyl (C=O) groups is 2. The maximum atomic E-state index is 13.4. The smallest absolute Gasteiger partial charge is 0.316 e. The molecule has 0 bridgehead atoms. The van der Waals surface area contributed by atoms with E-state index >= 15 is 0 Å². The van der Waals surface area contributed by atoms with Gasteiger partial charge < -0.3 is 88.3 Å². The number of benzene rings is 16. The number of carbonyl (C=O) groups excluding carboxylic acids is 2. The highest BCUT2D eigenvalue weighted by molar-refractivity contribution is 6.49. The van der Waals surface area contributed by atoms with Gasteiger partial charge in [-0.15, -0.1) is 19.9 Å². The maximum Gasteiger partial charge on any atom is 0.316 e. The molecule has 0 amide bonds. The number of ether oxygens (including phenoxy) is 8. The van der Waals surface area contributed by atoms with Gasteiger partial charge in [-0.1, -0.05) is 172 Å². The first kappa shape index (κ1) is 97.2. The molecule has 0 aliphatic carbocycles. The monoisotopic (exact) mass is 1920 g/mol. The zero-order chi connectivity index (χ0) is 102. The summed E-state index contributed by atoms with van der Waals surface area (Å²) in [6, 6.07) is 127. The molecule has 0 saturated heterocycles. The Hall–Kier alpha value is -20.5. The van der Waals surface area contributed by atoms with Crippen LogP contribution in [0.25, 0.3) is 97.7 Å². The van der Waals surface area contributed by atoms with Crippen LogP contribution in [0.3, 0.4) is 0 Å². The highest BCUT2D eigenvalue weighted by atomic mass is 16.5. The molecule has 146 heavy (non-hydrogen) atoms. The minimum Gasteiger partial charge on any atom is -0.497 e. The minimum atomic E-state index is -0.559. The number of ketones is 2. The van der Waals surface area contributed by atoms with Crippen molar-refractivity contribution in [3.8, 4) is 113 Å². The number of rotatable bonds is 29. The van der Waals surface area contributed by atoms with Gasteiger partial charge in [0.15, 0.2) is 0 Å². The lowest BCUT2D eigenvalue weighted by atomic mass is 9.97. The van der Waals surface area contributed by atoms with Crippen LogP contribution in [0.5, 0.6) is 46.0 Å². The van der Waals surface area contributed by atoms with Crippen molar-refractivity contribution >= 4 is 126 Å². The van der Waals surface area contributed by atoms with Crippen LogP contribution in [0.4, 0.5) is 103 Å². The molecule has 19 aromatic rings. The number of nitrogen functional groups attached to an aromatic ring is 2. The number of fused-ring (bicyclic) bond motifs is 1. The number of anilines is 14. The van der Waals surface area contributed by atoms with Gasteiger partial charge in [-0.2, -0.15) is 9.97 Å². The standard InChI is InChI=1S/C60H44N8O4.C54H44N2O6.C6H4N6/c1-61-57-58(62-2)66-60-59(65-57)63-55(43-11-7-39(8-12-43)41-15-19-45(20-16-41)67(47-23-31-51(69-3)32-24-47)48-25-33-52(70-4)34-26-48)56(64-60)44-13-9-40(10-14-44)42-17-21-46(22-18-42)68(49-27-35-53(71-5)36-28-49)50-29-37-54(72-6)38-30-50;1-59-49-29-21-45(22-30-49)55(46-23-31-50(60-2)32-24-46)43-17-13-39(14-18-43)37-5-9-41(10-6-37)53(57)54(58)42-11-7-38(8-12-42)40-15-19-44(20-16-40)56(47-25-33-51(61-3)34-26-47)48-27-35-52(62-4)36-28-48;1-9-5-6(10-2)12-4(8)3(7)11-5/h7-38H,3-6H3;5-36H,1-4H3;(H2,7,11)(H2,8,12). The Balaban J connectivity index is 0.000000181. The molecule has 0 radical (unpaired) electrons. The van der Waals surface area contributed by atoms with Crippen molar-refractivity contribution in [2.75, 3.05) is 87.9 Å². The summed E-state index contributed by atoms with van der Waals surface area (Å²) in [5.41, 5.74) is 33.8. The second-order valence-corrected chi connectivity index (χ2v) is 32.6. The highest BCUT2D eigenvalue weighted by Crippen LogP contribution is 2.45. The average Bonchev–Trinajstić information content (AvgIpc) is 0.754. The van der Waals surface area contributed by atoms with Gasteiger partial charge in [-0.05, 0) is 287 Å². The van der Waals surface area contributed by atoms with Crippen molar-refractivity contribution in [1.29, 1.82) is 0 Å². The van der Waals surface area contributed by atoms with Gasteiger partial charge in [0.05, 0.1) is 56.9 Å². The van der Waals surface area contributed by atoms with E-state index in [4.69, 9.17) is 85.6 Å². The number of hydrogen-bond donors (Lipinski definition) is 2. The van der Waals surface area contributed by atoms with Crippen molar-refractivity contribution in [3.63, 3.8) is 0 Å². The number of methoxy groups -OCH3 is 8. The van der Waals surface area contributed by atoms with E-state index in [0.717, 1.165) is 170 Å². The van der Waals surface area contributed by atoms with Crippen LogP contribution in [0.1, 0.15) is 20.7 Å². The Bertz CT molecular complexity index is 7360. The van der Waals surface area contributed by atoms with Crippen molar-refractivity contribution in [3.05, 3.63) is 445 Å². The van der Waals surface area contributed by atoms with E-state index in [1.54, 1.807) is 81.1 Å². The summed E-state index contributed by atoms with van der Waals surface area (Å²) in [5, 5.41) is 0. The molecule has 19 rings (SSSR count). The molecule has 0 saturated carbocycles. The third kappa shape index (κ3) is 21.8. The molecular formula is C120H92N16O10. The van der Waals surface area contributed by atoms with Gasteiger partial charge in [0.1, 0.15) is 57.4 Å². The van der Waals surface area contributed by atoms with E-state index in [9.17, 15) is 9.59 Å². The summed E-state index contributed by atoms with van der Waals surface area (Å²) < 4.78 is 43.3. The van der Waals surface area contributed by atoms with Gasteiger partial charge in [-0.25, -0.2) is 0 Å². The quantitative estimate of drug-likeness (QED) is 0.0250. The number of hydrogen-bond acceptors (Lipinski definition) is 22. The topological polar surface area (TPSA) is 268 Å². The predicted octanol–water partition coefficient (Wildman–Crippen LogP) is 29.0. The summed E-state index contributed by atoms with van der Waals surface area (Å²) in [4.78, 5) is 74.3. The molecule has 26 nitrogen and oxygen atoms in total. The SMILES string of the molecule is COc1ccc(N(c2ccc(OC)cc2)c2ccc(-c3ccc(C(=O)C(=O)c4ccc(-c5ccc(N(c6ccc(OC)cc6)c6ccc(OC)cc6)cc5)cc4)cc3)cc2)cc1.[C-]#[N+]c1nc(N)c(N)nc1[N+]#[C-].[C-]#[N+]c1nc2nc(-c3ccc(-c4ccc(N(c5ccc(OC)cc5)c5ccc(OC)cc5)cc4)cc3)c(-c3ccc(-c4ccc(N(c5ccc(OC)cc5)c5ccc(OC)cc5)cc4)cc3)nc2nc1[N+]#[C-]. The van der Waals surface area contributed by atoms with E-state index in [1.165, 1.54) is 0 Å². The Labute approximate surface area is 844 Å².